The van der Waals surface area contributed by atoms with Crippen molar-refractivity contribution in [3.63, 3.8) is 0 Å². The first kappa shape index (κ1) is 9.09. The first-order valence-electron chi connectivity index (χ1n) is 5.74. The third kappa shape index (κ3) is 1.81. The molecule has 0 radical (unpaired) electrons. The molecule has 0 atom stereocenters. The van der Waals surface area contributed by atoms with E-state index >= 15 is 0 Å². The monoisotopic (exact) mass is 204 g/mol. The Hall–Kier alpha value is -1.16. The highest BCUT2D eigenvalue weighted by Crippen LogP contribution is 2.22. The summed E-state index contributed by atoms with van der Waals surface area (Å²) >= 11 is 0. The van der Waals surface area contributed by atoms with Crippen molar-refractivity contribution >= 4 is 5.95 Å². The normalized spacial score (nSPS) is 20.5. The Morgan fingerprint density at radius 3 is 3.13 bits per heavy atom. The number of rotatable bonds is 2. The fourth-order valence-electron chi connectivity index (χ4n) is 2.04. The molecule has 1 aliphatic carbocycles. The van der Waals surface area contributed by atoms with E-state index in [1.807, 2.05) is 6.20 Å². The topological polar surface area (TPSA) is 49.8 Å². The number of hydrogen-bond donors (Lipinski definition) is 2. The van der Waals surface area contributed by atoms with Crippen molar-refractivity contribution in [1.82, 2.24) is 15.3 Å². The molecule has 80 valence electrons. The zero-order valence-corrected chi connectivity index (χ0v) is 8.79. The van der Waals surface area contributed by atoms with E-state index in [1.165, 1.54) is 30.5 Å². The minimum Gasteiger partial charge on any atom is -0.351 e. The van der Waals surface area contributed by atoms with Crippen LogP contribution in [0.15, 0.2) is 6.20 Å². The maximum absolute atomic E-state index is 4.57. The average molecular weight is 204 g/mol. The van der Waals surface area contributed by atoms with Gasteiger partial charge < -0.3 is 10.6 Å². The highest BCUT2D eigenvalue weighted by molar-refractivity contribution is 5.32. The molecule has 1 fully saturated rings. The van der Waals surface area contributed by atoms with Crippen LogP contribution in [-0.4, -0.2) is 22.6 Å². The first-order valence-corrected chi connectivity index (χ1v) is 5.74. The van der Waals surface area contributed by atoms with Gasteiger partial charge in [-0.05, 0) is 19.3 Å². The summed E-state index contributed by atoms with van der Waals surface area (Å²) in [6.07, 6.45) is 6.85. The number of nitrogens with one attached hydrogen (secondary N) is 2. The number of hydrogen-bond acceptors (Lipinski definition) is 4. The van der Waals surface area contributed by atoms with Crippen LogP contribution in [0.2, 0.25) is 0 Å². The van der Waals surface area contributed by atoms with E-state index < -0.39 is 0 Å². The molecule has 4 nitrogen and oxygen atoms in total. The summed E-state index contributed by atoms with van der Waals surface area (Å²) in [6, 6.07) is 0.616. The molecule has 0 amide bonds. The second-order valence-electron chi connectivity index (χ2n) is 4.36. The van der Waals surface area contributed by atoms with Gasteiger partial charge >= 0.3 is 0 Å². The Morgan fingerprint density at radius 2 is 2.33 bits per heavy atom. The molecule has 0 saturated heterocycles. The van der Waals surface area contributed by atoms with E-state index in [4.69, 9.17) is 0 Å². The lowest BCUT2D eigenvalue weighted by Crippen LogP contribution is -2.29. The standard InChI is InChI=1S/C11H16N4/c1-2-9(3-1)14-11-13-7-8-6-12-5-4-10(8)15-11/h7,9,12H,1-6H2,(H,13,14,15). The molecule has 1 aromatic rings. The molecular weight excluding hydrogens is 188 g/mol. The number of nitrogens with zero attached hydrogens (tertiary/aromatic N) is 2. The quantitative estimate of drug-likeness (QED) is 0.757. The van der Waals surface area contributed by atoms with Crippen LogP contribution in [0, 0.1) is 0 Å². The van der Waals surface area contributed by atoms with Crippen LogP contribution in [0.3, 0.4) is 0 Å². The highest BCUT2D eigenvalue weighted by atomic mass is 15.1. The second kappa shape index (κ2) is 3.77. The predicted octanol–water partition coefficient (Wildman–Crippen LogP) is 1.09. The smallest absolute Gasteiger partial charge is 0.223 e. The number of aromatic nitrogens is 2. The van der Waals surface area contributed by atoms with Crippen LogP contribution >= 0.6 is 0 Å². The van der Waals surface area contributed by atoms with Crippen molar-refractivity contribution in [2.24, 2.45) is 0 Å². The van der Waals surface area contributed by atoms with Crippen molar-refractivity contribution < 1.29 is 0 Å². The van der Waals surface area contributed by atoms with Crippen LogP contribution in [0.1, 0.15) is 30.5 Å². The maximum atomic E-state index is 4.57. The second-order valence-corrected chi connectivity index (χ2v) is 4.36. The molecule has 3 rings (SSSR count). The Bertz CT molecular complexity index is 360. The zero-order valence-electron chi connectivity index (χ0n) is 8.79. The summed E-state index contributed by atoms with van der Waals surface area (Å²) in [5.74, 6) is 0.820. The van der Waals surface area contributed by atoms with Gasteiger partial charge in [0, 0.05) is 37.3 Å². The van der Waals surface area contributed by atoms with E-state index in [2.05, 4.69) is 20.6 Å². The van der Waals surface area contributed by atoms with E-state index in [0.717, 1.165) is 25.5 Å². The molecule has 2 heterocycles. The van der Waals surface area contributed by atoms with Crippen LogP contribution in [0.25, 0.3) is 0 Å². The summed E-state index contributed by atoms with van der Waals surface area (Å²) < 4.78 is 0. The molecule has 0 aromatic carbocycles. The first-order chi connectivity index (χ1) is 7.42. The average Bonchev–Trinajstić information content (AvgIpc) is 2.23. The molecule has 2 N–H and O–H groups in total. The van der Waals surface area contributed by atoms with Gasteiger partial charge in [-0.25, -0.2) is 9.97 Å². The molecule has 15 heavy (non-hydrogen) atoms. The predicted molar refractivity (Wildman–Crippen MR) is 58.7 cm³/mol. The largest absolute Gasteiger partial charge is 0.351 e. The molecule has 0 spiro atoms. The molecule has 2 aliphatic rings. The Morgan fingerprint density at radius 1 is 1.40 bits per heavy atom. The Labute approximate surface area is 89.5 Å². The molecule has 1 saturated carbocycles. The molecule has 4 heteroatoms. The van der Waals surface area contributed by atoms with Crippen LogP contribution in [0.5, 0.6) is 0 Å². The highest BCUT2D eigenvalue weighted by Gasteiger charge is 2.19. The lowest BCUT2D eigenvalue weighted by molar-refractivity contribution is 0.442. The van der Waals surface area contributed by atoms with Gasteiger partial charge in [-0.15, -0.1) is 0 Å². The fourth-order valence-corrected chi connectivity index (χ4v) is 2.04. The van der Waals surface area contributed by atoms with Crippen molar-refractivity contribution in [3.05, 3.63) is 17.5 Å². The molecule has 1 aliphatic heterocycles. The minimum absolute atomic E-state index is 0.616. The Balaban J connectivity index is 1.77. The van der Waals surface area contributed by atoms with Crippen LogP contribution < -0.4 is 10.6 Å². The van der Waals surface area contributed by atoms with Gasteiger partial charge in [0.15, 0.2) is 0 Å². The minimum atomic E-state index is 0.616. The van der Waals surface area contributed by atoms with Crippen molar-refractivity contribution in [2.75, 3.05) is 11.9 Å². The number of anilines is 1. The SMILES string of the molecule is c1nc(NC2CCC2)nc2c1CNCC2. The Kier molecular flexibility index (Phi) is 2.29. The molecular formula is C11H16N4. The van der Waals surface area contributed by atoms with Crippen molar-refractivity contribution in [3.8, 4) is 0 Å². The van der Waals surface area contributed by atoms with Gasteiger partial charge in [-0.2, -0.15) is 0 Å². The fraction of sp³-hybridized carbons (Fsp3) is 0.636. The summed E-state index contributed by atoms with van der Waals surface area (Å²) in [7, 11) is 0. The molecule has 0 bridgehead atoms. The maximum Gasteiger partial charge on any atom is 0.223 e. The summed E-state index contributed by atoms with van der Waals surface area (Å²) in [5, 5.41) is 6.71. The summed E-state index contributed by atoms with van der Waals surface area (Å²) in [4.78, 5) is 8.92. The molecule has 0 unspecified atom stereocenters. The van der Waals surface area contributed by atoms with Gasteiger partial charge in [0.05, 0.1) is 5.69 Å². The van der Waals surface area contributed by atoms with E-state index in [1.54, 1.807) is 0 Å². The third-order valence-electron chi connectivity index (χ3n) is 3.25. The van der Waals surface area contributed by atoms with E-state index in [0.29, 0.717) is 6.04 Å². The van der Waals surface area contributed by atoms with Crippen molar-refractivity contribution in [2.45, 2.75) is 38.3 Å². The zero-order chi connectivity index (χ0) is 10.1. The summed E-state index contributed by atoms with van der Waals surface area (Å²) in [5.41, 5.74) is 2.46. The van der Waals surface area contributed by atoms with Crippen LogP contribution in [0.4, 0.5) is 5.95 Å². The lowest BCUT2D eigenvalue weighted by atomic mass is 9.93. The number of fused-ring (bicyclic) bond motifs is 1. The molecule has 1 aromatic heterocycles. The van der Waals surface area contributed by atoms with E-state index in [-0.39, 0.29) is 0 Å². The third-order valence-corrected chi connectivity index (χ3v) is 3.25. The van der Waals surface area contributed by atoms with Crippen molar-refractivity contribution in [1.29, 1.82) is 0 Å². The van der Waals surface area contributed by atoms with Gasteiger partial charge in [-0.1, -0.05) is 0 Å². The summed E-state index contributed by atoms with van der Waals surface area (Å²) in [6.45, 7) is 1.95. The van der Waals surface area contributed by atoms with Gasteiger partial charge in [0.2, 0.25) is 5.95 Å². The van der Waals surface area contributed by atoms with Gasteiger partial charge in [-0.3, -0.25) is 0 Å². The van der Waals surface area contributed by atoms with Crippen LogP contribution in [-0.2, 0) is 13.0 Å². The van der Waals surface area contributed by atoms with Gasteiger partial charge in [0.1, 0.15) is 0 Å². The lowest BCUT2D eigenvalue weighted by Gasteiger charge is -2.27. The van der Waals surface area contributed by atoms with Gasteiger partial charge in [0.25, 0.3) is 0 Å². The van der Waals surface area contributed by atoms with E-state index in [9.17, 15) is 0 Å².